The van der Waals surface area contributed by atoms with Crippen LogP contribution < -0.4 is 24.8 Å². The summed E-state index contributed by atoms with van der Waals surface area (Å²) in [6, 6.07) is 8.40. The highest BCUT2D eigenvalue weighted by Crippen LogP contribution is 2.39. The Morgan fingerprint density at radius 1 is 1.16 bits per heavy atom. The smallest absolute Gasteiger partial charge is 0.387 e. The molecule has 1 atom stereocenters. The number of guanidine groups is 1. The molecule has 2 aromatic carbocycles. The van der Waals surface area contributed by atoms with Crippen LogP contribution in [0.1, 0.15) is 24.2 Å². The van der Waals surface area contributed by atoms with Crippen molar-refractivity contribution in [3.8, 4) is 17.2 Å². The molecule has 1 heterocycles. The standard InChI is InChI=1S/C20H22F3N3O4.HI/c1-2-24-20(26-10-15(27)12-3-5-14(21)6-4-12)25-9-13-7-17-18(29-11-28-17)8-16(13)30-19(22)23;/h3-8,15,19,27H,2,9-11H2,1H3,(H2,24,25,26);1H. The molecule has 0 fully saturated rings. The van der Waals surface area contributed by atoms with Gasteiger partial charge in [0.2, 0.25) is 6.79 Å². The number of nitrogens with one attached hydrogen (secondary N) is 2. The molecule has 3 N–H and O–H groups in total. The zero-order valence-electron chi connectivity index (χ0n) is 16.6. The van der Waals surface area contributed by atoms with Crippen LogP contribution in [0.3, 0.4) is 0 Å². The van der Waals surface area contributed by atoms with E-state index in [-0.39, 0.29) is 55.4 Å². The molecule has 0 aliphatic carbocycles. The fourth-order valence-corrected chi connectivity index (χ4v) is 2.80. The molecular weight excluding hydrogens is 530 g/mol. The maximum atomic E-state index is 13.0. The van der Waals surface area contributed by atoms with Crippen molar-refractivity contribution in [3.63, 3.8) is 0 Å². The zero-order chi connectivity index (χ0) is 21.5. The molecular formula is C20H23F3IN3O4. The molecule has 0 spiro atoms. The molecule has 0 bridgehead atoms. The lowest BCUT2D eigenvalue weighted by Crippen LogP contribution is -2.39. The summed E-state index contributed by atoms with van der Waals surface area (Å²) >= 11 is 0. The SMILES string of the molecule is CCNC(=NCc1cc2c(cc1OC(F)F)OCO2)NCC(O)c1ccc(F)cc1.I. The molecule has 170 valence electrons. The lowest BCUT2D eigenvalue weighted by atomic mass is 10.1. The number of halogens is 4. The third-order valence-electron chi connectivity index (χ3n) is 4.24. The lowest BCUT2D eigenvalue weighted by Gasteiger charge is -2.16. The molecule has 11 heteroatoms. The number of hydrogen-bond acceptors (Lipinski definition) is 5. The van der Waals surface area contributed by atoms with Crippen molar-refractivity contribution < 1.29 is 32.5 Å². The Morgan fingerprint density at radius 2 is 1.84 bits per heavy atom. The summed E-state index contributed by atoms with van der Waals surface area (Å²) in [5, 5.41) is 16.2. The highest BCUT2D eigenvalue weighted by Gasteiger charge is 2.20. The molecule has 1 aliphatic rings. The molecule has 1 aliphatic heterocycles. The van der Waals surface area contributed by atoms with E-state index in [0.717, 1.165) is 0 Å². The average molecular weight is 553 g/mol. The van der Waals surface area contributed by atoms with Crippen molar-refractivity contribution in [1.29, 1.82) is 0 Å². The number of rotatable bonds is 8. The van der Waals surface area contributed by atoms with Crippen molar-refractivity contribution in [2.24, 2.45) is 4.99 Å². The van der Waals surface area contributed by atoms with Crippen molar-refractivity contribution in [2.75, 3.05) is 19.9 Å². The third kappa shape index (κ3) is 7.06. The van der Waals surface area contributed by atoms with E-state index in [1.165, 1.54) is 30.3 Å². The zero-order valence-corrected chi connectivity index (χ0v) is 18.9. The number of ether oxygens (including phenoxy) is 3. The predicted octanol–water partition coefficient (Wildman–Crippen LogP) is 3.56. The first-order chi connectivity index (χ1) is 14.5. The summed E-state index contributed by atoms with van der Waals surface area (Å²) in [6.07, 6.45) is -0.891. The minimum absolute atomic E-state index is 0. The minimum atomic E-state index is -3.00. The van der Waals surface area contributed by atoms with Gasteiger partial charge in [0.05, 0.1) is 12.6 Å². The van der Waals surface area contributed by atoms with Crippen LogP contribution in [-0.2, 0) is 6.54 Å². The molecule has 0 saturated carbocycles. The quantitative estimate of drug-likeness (QED) is 0.264. The second kappa shape index (κ2) is 11.8. The number of hydrogen-bond donors (Lipinski definition) is 3. The van der Waals surface area contributed by atoms with E-state index in [1.807, 2.05) is 6.92 Å². The third-order valence-corrected chi connectivity index (χ3v) is 4.24. The van der Waals surface area contributed by atoms with Crippen LogP contribution >= 0.6 is 24.0 Å². The number of aliphatic hydroxyl groups excluding tert-OH is 1. The van der Waals surface area contributed by atoms with E-state index in [0.29, 0.717) is 35.1 Å². The summed E-state index contributed by atoms with van der Waals surface area (Å²) < 4.78 is 53.6. The summed E-state index contributed by atoms with van der Waals surface area (Å²) in [5.41, 5.74) is 0.930. The fourth-order valence-electron chi connectivity index (χ4n) is 2.80. The van der Waals surface area contributed by atoms with Gasteiger partial charge < -0.3 is 30.0 Å². The van der Waals surface area contributed by atoms with Gasteiger partial charge in [-0.3, -0.25) is 0 Å². The van der Waals surface area contributed by atoms with Gasteiger partial charge in [0, 0.05) is 24.7 Å². The van der Waals surface area contributed by atoms with Gasteiger partial charge in [0.1, 0.15) is 11.6 Å². The summed E-state index contributed by atoms with van der Waals surface area (Å²) in [6.45, 7) is -0.466. The molecule has 1 unspecified atom stereocenters. The van der Waals surface area contributed by atoms with E-state index >= 15 is 0 Å². The molecule has 3 rings (SSSR count). The normalized spacial score (nSPS) is 13.5. The van der Waals surface area contributed by atoms with Crippen molar-refractivity contribution in [3.05, 3.63) is 53.3 Å². The first kappa shape index (κ1) is 24.9. The van der Waals surface area contributed by atoms with Crippen LogP contribution in [0.15, 0.2) is 41.4 Å². The molecule has 2 aromatic rings. The topological polar surface area (TPSA) is 84.3 Å². The number of aliphatic imine (C=N–C) groups is 1. The van der Waals surface area contributed by atoms with Crippen LogP contribution in [-0.4, -0.2) is 37.6 Å². The van der Waals surface area contributed by atoms with E-state index in [2.05, 4.69) is 20.4 Å². The summed E-state index contributed by atoms with van der Waals surface area (Å²) in [5.74, 6) is 0.663. The largest absolute Gasteiger partial charge is 0.454 e. The highest BCUT2D eigenvalue weighted by molar-refractivity contribution is 14.0. The van der Waals surface area contributed by atoms with Gasteiger partial charge in [-0.15, -0.1) is 24.0 Å². The molecule has 7 nitrogen and oxygen atoms in total. The Balaban J connectivity index is 0.00000341. The van der Waals surface area contributed by atoms with Gasteiger partial charge in [-0.25, -0.2) is 9.38 Å². The Morgan fingerprint density at radius 3 is 2.48 bits per heavy atom. The van der Waals surface area contributed by atoms with E-state index in [9.17, 15) is 18.3 Å². The Hall–Kier alpha value is -2.41. The van der Waals surface area contributed by atoms with Crippen LogP contribution in [0.2, 0.25) is 0 Å². The van der Waals surface area contributed by atoms with Gasteiger partial charge >= 0.3 is 6.61 Å². The van der Waals surface area contributed by atoms with Gasteiger partial charge in [-0.05, 0) is 30.7 Å². The van der Waals surface area contributed by atoms with Crippen LogP contribution in [0.4, 0.5) is 13.2 Å². The molecule has 31 heavy (non-hydrogen) atoms. The van der Waals surface area contributed by atoms with Gasteiger partial charge in [-0.1, -0.05) is 12.1 Å². The number of alkyl halides is 2. The van der Waals surface area contributed by atoms with E-state index < -0.39 is 12.7 Å². The van der Waals surface area contributed by atoms with Crippen LogP contribution in [0.25, 0.3) is 0 Å². The summed E-state index contributed by atoms with van der Waals surface area (Å²) in [7, 11) is 0. The second-order valence-corrected chi connectivity index (χ2v) is 6.34. The molecule has 0 aromatic heterocycles. The Bertz CT molecular complexity index is 885. The fraction of sp³-hybridized carbons (Fsp3) is 0.350. The molecule has 0 amide bonds. The van der Waals surface area contributed by atoms with Gasteiger partial charge in [-0.2, -0.15) is 8.78 Å². The number of fused-ring (bicyclic) bond motifs is 1. The maximum absolute atomic E-state index is 13.0. The van der Waals surface area contributed by atoms with Crippen molar-refractivity contribution >= 4 is 29.9 Å². The maximum Gasteiger partial charge on any atom is 0.387 e. The van der Waals surface area contributed by atoms with Gasteiger partial charge in [0.25, 0.3) is 0 Å². The molecule has 0 saturated heterocycles. The van der Waals surface area contributed by atoms with Gasteiger partial charge in [0.15, 0.2) is 17.5 Å². The Labute approximate surface area is 194 Å². The number of benzene rings is 2. The lowest BCUT2D eigenvalue weighted by molar-refractivity contribution is -0.0505. The number of aliphatic hydroxyl groups is 1. The van der Waals surface area contributed by atoms with E-state index in [4.69, 9.17) is 9.47 Å². The first-order valence-corrected chi connectivity index (χ1v) is 9.29. The minimum Gasteiger partial charge on any atom is -0.454 e. The highest BCUT2D eigenvalue weighted by atomic mass is 127. The summed E-state index contributed by atoms with van der Waals surface area (Å²) in [4.78, 5) is 4.36. The van der Waals surface area contributed by atoms with E-state index in [1.54, 1.807) is 6.07 Å². The monoisotopic (exact) mass is 553 g/mol. The second-order valence-electron chi connectivity index (χ2n) is 6.34. The van der Waals surface area contributed by atoms with Crippen molar-refractivity contribution in [1.82, 2.24) is 10.6 Å². The van der Waals surface area contributed by atoms with Crippen molar-refractivity contribution in [2.45, 2.75) is 26.2 Å². The number of nitrogens with zero attached hydrogens (tertiary/aromatic N) is 1. The predicted molar refractivity (Wildman–Crippen MR) is 119 cm³/mol. The first-order valence-electron chi connectivity index (χ1n) is 9.29. The molecule has 0 radical (unpaired) electrons. The Kier molecular flexibility index (Phi) is 9.49. The van der Waals surface area contributed by atoms with Crippen LogP contribution in [0.5, 0.6) is 17.2 Å². The average Bonchev–Trinajstić information content (AvgIpc) is 3.17. The van der Waals surface area contributed by atoms with Crippen LogP contribution in [0, 0.1) is 5.82 Å².